The summed E-state index contributed by atoms with van der Waals surface area (Å²) in [5, 5.41) is 2.61. The largest absolute Gasteiger partial charge is 0.495 e. The van der Waals surface area contributed by atoms with E-state index in [1.807, 2.05) is 20.8 Å². The molecule has 0 saturated heterocycles. The van der Waals surface area contributed by atoms with E-state index in [-0.39, 0.29) is 23.1 Å². The third-order valence-electron chi connectivity index (χ3n) is 3.06. The second-order valence-electron chi connectivity index (χ2n) is 4.76. The number of aryl methyl sites for hydroxylation is 2. The minimum atomic E-state index is -3.80. The third-order valence-corrected chi connectivity index (χ3v) is 4.49. The topological polar surface area (TPSA) is 84.5 Å². The number of hydrogen-bond acceptors (Lipinski definition) is 4. The Morgan fingerprint density at radius 2 is 1.86 bits per heavy atom. The Hall–Kier alpha value is -1.60. The summed E-state index contributed by atoms with van der Waals surface area (Å²) >= 11 is 0. The molecule has 0 spiro atoms. The molecule has 0 fully saturated rings. The van der Waals surface area contributed by atoms with Gasteiger partial charge in [-0.2, -0.15) is 0 Å². The molecule has 0 aliphatic carbocycles. The fourth-order valence-corrected chi connectivity index (χ4v) is 2.91. The van der Waals surface area contributed by atoms with Gasteiger partial charge >= 0.3 is 0 Å². The minimum absolute atomic E-state index is 0.0383. The van der Waals surface area contributed by atoms with Crippen molar-refractivity contribution in [3.05, 3.63) is 23.3 Å². The molecular formula is C14H22N2O4S. The normalized spacial score (nSPS) is 11.2. The number of benzene rings is 1. The molecule has 6 nitrogen and oxygen atoms in total. The number of ether oxygens (including phenoxy) is 1. The van der Waals surface area contributed by atoms with Crippen LogP contribution in [0, 0.1) is 13.8 Å². The van der Waals surface area contributed by atoms with E-state index in [1.54, 1.807) is 12.1 Å². The van der Waals surface area contributed by atoms with Gasteiger partial charge in [0.1, 0.15) is 10.6 Å². The highest BCUT2D eigenvalue weighted by molar-refractivity contribution is 7.89. The van der Waals surface area contributed by atoms with Gasteiger partial charge in [-0.25, -0.2) is 13.1 Å². The Morgan fingerprint density at radius 1 is 1.24 bits per heavy atom. The second-order valence-corrected chi connectivity index (χ2v) is 6.50. The van der Waals surface area contributed by atoms with Gasteiger partial charge in [0, 0.05) is 6.54 Å². The Morgan fingerprint density at radius 3 is 2.43 bits per heavy atom. The van der Waals surface area contributed by atoms with Crippen molar-refractivity contribution in [2.75, 3.05) is 20.2 Å². The van der Waals surface area contributed by atoms with Gasteiger partial charge in [-0.15, -0.1) is 0 Å². The second kappa shape index (κ2) is 7.42. The molecule has 0 bridgehead atoms. The first-order chi connectivity index (χ1) is 9.81. The maximum Gasteiger partial charge on any atom is 0.244 e. The van der Waals surface area contributed by atoms with Crippen LogP contribution in [0.4, 0.5) is 0 Å². The van der Waals surface area contributed by atoms with Crippen molar-refractivity contribution in [1.29, 1.82) is 0 Å². The van der Waals surface area contributed by atoms with Gasteiger partial charge in [0.2, 0.25) is 15.9 Å². The van der Waals surface area contributed by atoms with E-state index in [0.717, 1.165) is 17.5 Å². The van der Waals surface area contributed by atoms with Gasteiger partial charge in [0.15, 0.2) is 0 Å². The van der Waals surface area contributed by atoms with Crippen LogP contribution in [0.15, 0.2) is 17.0 Å². The van der Waals surface area contributed by atoms with Gasteiger partial charge in [0.05, 0.1) is 13.7 Å². The standard InChI is InChI=1S/C14H22N2O4S/c1-5-6-15-14(17)9-16-21(18,19)13-8-11(3)10(2)7-12(13)20-4/h7-8,16H,5-6,9H2,1-4H3,(H,15,17). The molecule has 0 atom stereocenters. The van der Waals surface area contributed by atoms with Crippen LogP contribution in [-0.4, -0.2) is 34.5 Å². The molecule has 1 aromatic rings. The Kier molecular flexibility index (Phi) is 6.17. The third kappa shape index (κ3) is 4.71. The van der Waals surface area contributed by atoms with Crippen molar-refractivity contribution in [1.82, 2.24) is 10.0 Å². The summed E-state index contributed by atoms with van der Waals surface area (Å²) in [6, 6.07) is 3.21. The number of sulfonamides is 1. The summed E-state index contributed by atoms with van der Waals surface area (Å²) in [7, 11) is -2.38. The zero-order chi connectivity index (χ0) is 16.0. The van der Waals surface area contributed by atoms with Crippen LogP contribution in [0.25, 0.3) is 0 Å². The molecule has 118 valence electrons. The van der Waals surface area contributed by atoms with Crippen molar-refractivity contribution >= 4 is 15.9 Å². The van der Waals surface area contributed by atoms with E-state index in [9.17, 15) is 13.2 Å². The molecule has 0 unspecified atom stereocenters. The predicted molar refractivity (Wildman–Crippen MR) is 81.0 cm³/mol. The summed E-state index contributed by atoms with van der Waals surface area (Å²) in [5.74, 6) is -0.0946. The van der Waals surface area contributed by atoms with Crippen LogP contribution in [-0.2, 0) is 14.8 Å². The van der Waals surface area contributed by atoms with E-state index in [2.05, 4.69) is 10.0 Å². The molecule has 0 aromatic heterocycles. The average molecular weight is 314 g/mol. The lowest BCUT2D eigenvalue weighted by Gasteiger charge is -2.13. The van der Waals surface area contributed by atoms with Crippen molar-refractivity contribution in [3.63, 3.8) is 0 Å². The van der Waals surface area contributed by atoms with E-state index >= 15 is 0 Å². The molecule has 1 amide bonds. The number of nitrogens with one attached hydrogen (secondary N) is 2. The maximum atomic E-state index is 12.3. The lowest BCUT2D eigenvalue weighted by Crippen LogP contribution is -2.37. The molecule has 7 heteroatoms. The fourth-order valence-electron chi connectivity index (χ4n) is 1.70. The van der Waals surface area contributed by atoms with E-state index in [0.29, 0.717) is 6.54 Å². The van der Waals surface area contributed by atoms with E-state index < -0.39 is 10.0 Å². The summed E-state index contributed by atoms with van der Waals surface area (Å²) in [6.07, 6.45) is 0.795. The first-order valence-corrected chi connectivity index (χ1v) is 8.21. The molecule has 0 saturated carbocycles. The quantitative estimate of drug-likeness (QED) is 0.790. The smallest absolute Gasteiger partial charge is 0.244 e. The highest BCUT2D eigenvalue weighted by atomic mass is 32.2. The van der Waals surface area contributed by atoms with Crippen LogP contribution in [0.2, 0.25) is 0 Å². The number of carbonyl (C=O) groups is 1. The molecule has 0 aliphatic heterocycles. The lowest BCUT2D eigenvalue weighted by molar-refractivity contribution is -0.119. The van der Waals surface area contributed by atoms with Gasteiger partial charge in [-0.3, -0.25) is 4.79 Å². The molecule has 2 N–H and O–H groups in total. The Balaban J connectivity index is 2.93. The number of methoxy groups -OCH3 is 1. The monoisotopic (exact) mass is 314 g/mol. The molecule has 0 aliphatic rings. The molecular weight excluding hydrogens is 292 g/mol. The number of carbonyl (C=O) groups excluding carboxylic acids is 1. The molecule has 1 aromatic carbocycles. The van der Waals surface area contributed by atoms with E-state index in [1.165, 1.54) is 7.11 Å². The fraction of sp³-hybridized carbons (Fsp3) is 0.500. The summed E-state index contributed by atoms with van der Waals surface area (Å²) in [5.41, 5.74) is 1.78. The molecule has 0 heterocycles. The minimum Gasteiger partial charge on any atom is -0.495 e. The summed E-state index contributed by atoms with van der Waals surface area (Å²) < 4.78 is 32.0. The van der Waals surface area contributed by atoms with Gasteiger partial charge < -0.3 is 10.1 Å². The zero-order valence-corrected chi connectivity index (χ0v) is 13.6. The number of amides is 1. The summed E-state index contributed by atoms with van der Waals surface area (Å²) in [6.45, 7) is 5.85. The summed E-state index contributed by atoms with van der Waals surface area (Å²) in [4.78, 5) is 11.5. The molecule has 0 radical (unpaired) electrons. The van der Waals surface area contributed by atoms with Crippen molar-refractivity contribution in [2.45, 2.75) is 32.1 Å². The lowest BCUT2D eigenvalue weighted by atomic mass is 10.1. The predicted octanol–water partition coefficient (Wildman–Crippen LogP) is 1.12. The SMILES string of the molecule is CCCNC(=O)CNS(=O)(=O)c1cc(C)c(C)cc1OC. The zero-order valence-electron chi connectivity index (χ0n) is 12.8. The van der Waals surface area contributed by atoms with Gasteiger partial charge in [-0.05, 0) is 43.5 Å². The van der Waals surface area contributed by atoms with Crippen molar-refractivity contribution < 1.29 is 17.9 Å². The van der Waals surface area contributed by atoms with Gasteiger partial charge in [0.25, 0.3) is 0 Å². The molecule has 21 heavy (non-hydrogen) atoms. The van der Waals surface area contributed by atoms with Crippen LogP contribution in [0.1, 0.15) is 24.5 Å². The van der Waals surface area contributed by atoms with Crippen molar-refractivity contribution in [3.8, 4) is 5.75 Å². The Bertz CT molecular complexity index is 612. The van der Waals surface area contributed by atoms with Crippen molar-refractivity contribution in [2.24, 2.45) is 0 Å². The van der Waals surface area contributed by atoms with Crippen LogP contribution in [0.3, 0.4) is 0 Å². The van der Waals surface area contributed by atoms with Crippen LogP contribution < -0.4 is 14.8 Å². The maximum absolute atomic E-state index is 12.3. The number of hydrogen-bond donors (Lipinski definition) is 2. The molecule has 1 rings (SSSR count). The highest BCUT2D eigenvalue weighted by Gasteiger charge is 2.21. The Labute approximate surface area is 125 Å². The highest BCUT2D eigenvalue weighted by Crippen LogP contribution is 2.26. The van der Waals surface area contributed by atoms with E-state index in [4.69, 9.17) is 4.74 Å². The first kappa shape index (κ1) is 17.5. The van der Waals surface area contributed by atoms with Crippen LogP contribution in [0.5, 0.6) is 5.75 Å². The number of rotatable bonds is 7. The van der Waals surface area contributed by atoms with Crippen LogP contribution >= 0.6 is 0 Å². The van der Waals surface area contributed by atoms with Gasteiger partial charge in [-0.1, -0.05) is 6.92 Å². The average Bonchev–Trinajstić information content (AvgIpc) is 2.45. The first-order valence-electron chi connectivity index (χ1n) is 6.73.